The van der Waals surface area contributed by atoms with Crippen LogP contribution in [0, 0.1) is 13.8 Å². The minimum Gasteiger partial charge on any atom is -0.440 e. The van der Waals surface area contributed by atoms with Crippen LogP contribution in [0.5, 0.6) is 0 Å². The van der Waals surface area contributed by atoms with Gasteiger partial charge < -0.3 is 4.42 Å². The zero-order valence-corrected chi connectivity index (χ0v) is 15.2. The van der Waals surface area contributed by atoms with Crippen LogP contribution >= 0.6 is 11.3 Å². The topological polar surface area (TPSA) is 47.1 Å². The molecule has 0 fully saturated rings. The molecule has 0 bridgehead atoms. The second-order valence-electron chi connectivity index (χ2n) is 6.35. The second kappa shape index (κ2) is 6.18. The molecule has 0 saturated heterocycles. The molecule has 0 aliphatic carbocycles. The van der Waals surface area contributed by atoms with E-state index in [1.165, 1.54) is 21.7 Å². The molecule has 1 aliphatic heterocycles. The highest BCUT2D eigenvalue weighted by Gasteiger charge is 2.27. The second-order valence-corrected chi connectivity index (χ2v) is 7.35. The molecule has 126 valence electrons. The number of thiophene rings is 1. The third kappa shape index (κ3) is 2.70. The maximum absolute atomic E-state index is 5.75. The summed E-state index contributed by atoms with van der Waals surface area (Å²) in [6.45, 7) is 10.1. The molecular weight excluding hydrogens is 320 g/mol. The van der Waals surface area contributed by atoms with Crippen molar-refractivity contribution in [3.05, 3.63) is 45.1 Å². The van der Waals surface area contributed by atoms with Gasteiger partial charge in [0.2, 0.25) is 5.89 Å². The van der Waals surface area contributed by atoms with Gasteiger partial charge in [-0.25, -0.2) is 4.98 Å². The predicted octanol–water partition coefficient (Wildman–Crippen LogP) is 3.79. The lowest BCUT2D eigenvalue weighted by atomic mass is 10.0. The van der Waals surface area contributed by atoms with E-state index in [9.17, 15) is 0 Å². The van der Waals surface area contributed by atoms with Crippen molar-refractivity contribution >= 4 is 11.3 Å². The highest BCUT2D eigenvalue weighted by atomic mass is 32.1. The van der Waals surface area contributed by atoms with Gasteiger partial charge in [-0.2, -0.15) is 5.10 Å². The molecule has 0 radical (unpaired) electrons. The molecule has 4 rings (SSSR count). The fraction of sp³-hybridized carbons (Fsp3) is 0.444. The first-order chi connectivity index (χ1) is 11.7. The van der Waals surface area contributed by atoms with Crippen LogP contribution in [0.1, 0.15) is 34.4 Å². The summed E-state index contributed by atoms with van der Waals surface area (Å²) in [5.41, 5.74) is 4.91. The Balaban J connectivity index is 1.66. The third-order valence-electron chi connectivity index (χ3n) is 4.67. The van der Waals surface area contributed by atoms with Gasteiger partial charge in [0.1, 0.15) is 5.76 Å². The van der Waals surface area contributed by atoms with E-state index in [0.29, 0.717) is 5.89 Å². The standard InChI is InChI=1S/C18H22N4OS/c1-4-22-15-5-7-21(11-16-12(2)6-8-24-16)10-14(15)17(20-22)18-19-9-13(3)23-18/h6,8-9H,4-5,7,10-11H2,1-3H3. The Morgan fingerprint density at radius 1 is 1.33 bits per heavy atom. The smallest absolute Gasteiger partial charge is 0.247 e. The minimum atomic E-state index is 0.644. The Morgan fingerprint density at radius 2 is 2.21 bits per heavy atom. The highest BCUT2D eigenvalue weighted by Crippen LogP contribution is 2.31. The van der Waals surface area contributed by atoms with Crippen molar-refractivity contribution < 1.29 is 4.42 Å². The molecule has 1 aliphatic rings. The molecular formula is C18H22N4OS. The highest BCUT2D eigenvalue weighted by molar-refractivity contribution is 7.10. The summed E-state index contributed by atoms with van der Waals surface area (Å²) < 4.78 is 7.86. The van der Waals surface area contributed by atoms with E-state index < -0.39 is 0 Å². The van der Waals surface area contributed by atoms with Crippen LogP contribution in [0.25, 0.3) is 11.6 Å². The predicted molar refractivity (Wildman–Crippen MR) is 95.0 cm³/mol. The number of rotatable bonds is 4. The van der Waals surface area contributed by atoms with Crippen molar-refractivity contribution in [3.63, 3.8) is 0 Å². The van der Waals surface area contributed by atoms with E-state index in [-0.39, 0.29) is 0 Å². The lowest BCUT2D eigenvalue weighted by Crippen LogP contribution is -2.30. The lowest BCUT2D eigenvalue weighted by molar-refractivity contribution is 0.244. The zero-order chi connectivity index (χ0) is 16.7. The quantitative estimate of drug-likeness (QED) is 0.724. The van der Waals surface area contributed by atoms with E-state index in [2.05, 4.69) is 39.9 Å². The van der Waals surface area contributed by atoms with Gasteiger partial charge in [0.25, 0.3) is 0 Å². The molecule has 5 nitrogen and oxygen atoms in total. The average molecular weight is 342 g/mol. The summed E-state index contributed by atoms with van der Waals surface area (Å²) >= 11 is 1.84. The van der Waals surface area contributed by atoms with E-state index >= 15 is 0 Å². The normalized spacial score (nSPS) is 15.0. The van der Waals surface area contributed by atoms with Crippen molar-refractivity contribution in [2.45, 2.75) is 46.8 Å². The van der Waals surface area contributed by atoms with Crippen LogP contribution in [0.4, 0.5) is 0 Å². The van der Waals surface area contributed by atoms with Gasteiger partial charge in [0, 0.05) is 48.7 Å². The fourth-order valence-electron chi connectivity index (χ4n) is 3.35. The van der Waals surface area contributed by atoms with Crippen molar-refractivity contribution in [2.75, 3.05) is 6.54 Å². The Labute approximate surface area is 145 Å². The first-order valence-electron chi connectivity index (χ1n) is 8.42. The van der Waals surface area contributed by atoms with Crippen molar-refractivity contribution in [2.24, 2.45) is 0 Å². The molecule has 0 unspecified atom stereocenters. The van der Waals surface area contributed by atoms with Gasteiger partial charge in [0.15, 0.2) is 5.69 Å². The number of fused-ring (bicyclic) bond motifs is 1. The molecule has 3 aromatic heterocycles. The molecule has 0 N–H and O–H groups in total. The third-order valence-corrected chi connectivity index (χ3v) is 5.68. The van der Waals surface area contributed by atoms with Crippen molar-refractivity contribution in [1.82, 2.24) is 19.7 Å². The van der Waals surface area contributed by atoms with Gasteiger partial charge >= 0.3 is 0 Å². The summed E-state index contributed by atoms with van der Waals surface area (Å²) in [5, 5.41) is 6.96. The first-order valence-corrected chi connectivity index (χ1v) is 9.30. The van der Waals surface area contributed by atoms with Crippen molar-refractivity contribution in [3.8, 4) is 11.6 Å². The number of hydrogen-bond acceptors (Lipinski definition) is 5. The molecule has 6 heteroatoms. The largest absolute Gasteiger partial charge is 0.440 e. The van der Waals surface area contributed by atoms with Crippen LogP contribution < -0.4 is 0 Å². The summed E-state index contributed by atoms with van der Waals surface area (Å²) in [6.07, 6.45) is 2.79. The van der Waals surface area contributed by atoms with Crippen LogP contribution in [0.3, 0.4) is 0 Å². The van der Waals surface area contributed by atoms with Crippen molar-refractivity contribution in [1.29, 1.82) is 0 Å². The van der Waals surface area contributed by atoms with Gasteiger partial charge in [-0.3, -0.25) is 9.58 Å². The van der Waals surface area contributed by atoms with E-state index in [1.807, 2.05) is 18.3 Å². The number of aromatic nitrogens is 3. The Hall–Kier alpha value is -1.92. The molecule has 0 atom stereocenters. The molecule has 0 saturated carbocycles. The van der Waals surface area contributed by atoms with Crippen LogP contribution in [0.15, 0.2) is 22.1 Å². The van der Waals surface area contributed by atoms with Gasteiger partial charge in [-0.05, 0) is 37.8 Å². The Kier molecular flexibility index (Phi) is 4.02. The molecule has 0 amide bonds. The zero-order valence-electron chi connectivity index (χ0n) is 14.4. The summed E-state index contributed by atoms with van der Waals surface area (Å²) in [7, 11) is 0. The Morgan fingerprint density at radius 3 is 2.88 bits per heavy atom. The molecule has 0 aromatic carbocycles. The van der Waals surface area contributed by atoms with E-state index in [4.69, 9.17) is 9.52 Å². The maximum Gasteiger partial charge on any atom is 0.247 e. The van der Waals surface area contributed by atoms with E-state index in [0.717, 1.165) is 44.1 Å². The first kappa shape index (κ1) is 15.6. The number of aryl methyl sites for hydroxylation is 3. The monoisotopic (exact) mass is 342 g/mol. The number of hydrogen-bond donors (Lipinski definition) is 0. The maximum atomic E-state index is 5.75. The fourth-order valence-corrected chi connectivity index (χ4v) is 4.30. The van der Waals surface area contributed by atoms with Crippen LogP contribution in [0.2, 0.25) is 0 Å². The molecule has 0 spiro atoms. The van der Waals surface area contributed by atoms with Gasteiger partial charge in [0.05, 0.1) is 6.20 Å². The average Bonchev–Trinajstić information content (AvgIpc) is 3.27. The van der Waals surface area contributed by atoms with E-state index in [1.54, 1.807) is 6.20 Å². The van der Waals surface area contributed by atoms with Gasteiger partial charge in [-0.15, -0.1) is 11.3 Å². The summed E-state index contributed by atoms with van der Waals surface area (Å²) in [6, 6.07) is 2.20. The Bertz CT molecular complexity index is 860. The summed E-state index contributed by atoms with van der Waals surface area (Å²) in [4.78, 5) is 8.35. The minimum absolute atomic E-state index is 0.644. The molecule has 4 heterocycles. The molecule has 3 aromatic rings. The SMILES string of the molecule is CCn1nc(-c2ncc(C)o2)c2c1CCN(Cc1sccc1C)C2. The molecule has 24 heavy (non-hydrogen) atoms. The van der Waals surface area contributed by atoms with Crippen LogP contribution in [-0.2, 0) is 26.1 Å². The summed E-state index contributed by atoms with van der Waals surface area (Å²) in [5.74, 6) is 1.47. The lowest BCUT2D eigenvalue weighted by Gasteiger charge is -2.27. The number of oxazole rings is 1. The van der Waals surface area contributed by atoms with Crippen LogP contribution in [-0.4, -0.2) is 26.2 Å². The van der Waals surface area contributed by atoms with Gasteiger partial charge in [-0.1, -0.05) is 0 Å². The number of nitrogens with zero attached hydrogens (tertiary/aromatic N) is 4.